The van der Waals surface area contributed by atoms with Gasteiger partial charge in [0, 0.05) is 0 Å². The molecule has 20 heavy (non-hydrogen) atoms. The Kier molecular flexibility index (Phi) is 4.41. The van der Waals surface area contributed by atoms with Crippen LogP contribution >= 0.6 is 0 Å². The number of methoxy groups -OCH3 is 3. The van der Waals surface area contributed by atoms with Gasteiger partial charge < -0.3 is 14.2 Å². The number of carbonyl (C=O) groups excluding carboxylic acids is 1. The van der Waals surface area contributed by atoms with E-state index in [2.05, 4.69) is 4.74 Å². The predicted molar refractivity (Wildman–Crippen MR) is 64.2 cm³/mol. The van der Waals surface area contributed by atoms with Gasteiger partial charge in [-0.1, -0.05) is 0 Å². The molecule has 0 N–H and O–H groups in total. The van der Waals surface area contributed by atoms with Crippen molar-refractivity contribution in [2.75, 3.05) is 21.3 Å². The van der Waals surface area contributed by atoms with Crippen LogP contribution in [-0.2, 0) is 4.74 Å². The van der Waals surface area contributed by atoms with Gasteiger partial charge in [0.05, 0.1) is 37.2 Å². The van der Waals surface area contributed by atoms with E-state index in [1.807, 2.05) is 0 Å². The highest BCUT2D eigenvalue weighted by Crippen LogP contribution is 2.44. The Hall–Kier alpha value is -2.91. The fourth-order valence-corrected chi connectivity index (χ4v) is 1.58. The molecule has 1 aromatic rings. The number of carbonyl (C=O) groups is 1. The first-order chi connectivity index (χ1) is 9.38. The van der Waals surface area contributed by atoms with Gasteiger partial charge in [-0.3, -0.25) is 20.2 Å². The van der Waals surface area contributed by atoms with E-state index in [1.54, 1.807) is 0 Å². The van der Waals surface area contributed by atoms with Crippen LogP contribution in [0, 0.1) is 20.2 Å². The second-order valence-electron chi connectivity index (χ2n) is 3.36. The quantitative estimate of drug-likeness (QED) is 0.449. The van der Waals surface area contributed by atoms with E-state index in [4.69, 9.17) is 9.47 Å². The third kappa shape index (κ3) is 2.43. The average molecular weight is 286 g/mol. The van der Waals surface area contributed by atoms with Gasteiger partial charge in [-0.2, -0.15) is 0 Å². The van der Waals surface area contributed by atoms with Gasteiger partial charge in [0.25, 0.3) is 5.69 Å². The van der Waals surface area contributed by atoms with Crippen molar-refractivity contribution in [2.24, 2.45) is 0 Å². The van der Waals surface area contributed by atoms with E-state index in [-0.39, 0.29) is 5.75 Å². The van der Waals surface area contributed by atoms with Gasteiger partial charge in [0.1, 0.15) is 0 Å². The minimum Gasteiger partial charge on any atom is -0.492 e. The van der Waals surface area contributed by atoms with Gasteiger partial charge >= 0.3 is 11.7 Å². The third-order valence-corrected chi connectivity index (χ3v) is 2.39. The molecule has 0 aliphatic heterocycles. The Morgan fingerprint density at radius 3 is 2.05 bits per heavy atom. The second-order valence-corrected chi connectivity index (χ2v) is 3.36. The Balaban J connectivity index is 3.88. The van der Waals surface area contributed by atoms with Crippen LogP contribution in [0.4, 0.5) is 11.4 Å². The van der Waals surface area contributed by atoms with Crippen LogP contribution in [0.15, 0.2) is 6.07 Å². The van der Waals surface area contributed by atoms with Crippen molar-refractivity contribution < 1.29 is 28.9 Å². The topological polar surface area (TPSA) is 131 Å². The lowest BCUT2D eigenvalue weighted by Crippen LogP contribution is -2.11. The van der Waals surface area contributed by atoms with Crippen molar-refractivity contribution in [1.82, 2.24) is 0 Å². The molecule has 0 atom stereocenters. The van der Waals surface area contributed by atoms with Crippen LogP contribution in [0.25, 0.3) is 0 Å². The van der Waals surface area contributed by atoms with E-state index in [9.17, 15) is 25.0 Å². The molecule has 0 bridgehead atoms. The van der Waals surface area contributed by atoms with Crippen molar-refractivity contribution in [3.63, 3.8) is 0 Å². The van der Waals surface area contributed by atoms with Gasteiger partial charge in [-0.25, -0.2) is 4.79 Å². The van der Waals surface area contributed by atoms with Crippen molar-refractivity contribution >= 4 is 17.3 Å². The fourth-order valence-electron chi connectivity index (χ4n) is 1.58. The first-order valence-electron chi connectivity index (χ1n) is 5.05. The van der Waals surface area contributed by atoms with Crippen molar-refractivity contribution in [3.05, 3.63) is 31.9 Å². The Morgan fingerprint density at radius 1 is 1.10 bits per heavy atom. The Labute approximate surface area is 112 Å². The van der Waals surface area contributed by atoms with Gasteiger partial charge in [0.15, 0.2) is 5.75 Å². The molecule has 0 radical (unpaired) electrons. The molecular formula is C10H10N2O8. The molecule has 1 rings (SSSR count). The monoisotopic (exact) mass is 286 g/mol. The molecule has 0 saturated heterocycles. The Bertz CT molecular complexity index is 583. The molecule has 1 aromatic carbocycles. The van der Waals surface area contributed by atoms with Crippen molar-refractivity contribution in [1.29, 1.82) is 0 Å². The van der Waals surface area contributed by atoms with Gasteiger partial charge in [0.2, 0.25) is 11.3 Å². The first kappa shape index (κ1) is 15.1. The minimum atomic E-state index is -1.22. The van der Waals surface area contributed by atoms with Crippen molar-refractivity contribution in [2.45, 2.75) is 0 Å². The largest absolute Gasteiger partial charge is 0.492 e. The summed E-state index contributed by atoms with van der Waals surface area (Å²) in [7, 11) is 3.22. The summed E-state index contributed by atoms with van der Waals surface area (Å²) in [5.41, 5.74) is -2.49. The zero-order chi connectivity index (χ0) is 15.4. The molecule has 0 spiro atoms. The normalized spacial score (nSPS) is 9.75. The summed E-state index contributed by atoms with van der Waals surface area (Å²) in [4.78, 5) is 31.8. The lowest BCUT2D eigenvalue weighted by atomic mass is 10.1. The number of hydrogen-bond donors (Lipinski definition) is 0. The number of nitro groups is 2. The molecule has 0 aromatic heterocycles. The van der Waals surface area contributed by atoms with Gasteiger partial charge in [-0.15, -0.1) is 0 Å². The molecular weight excluding hydrogens is 276 g/mol. The molecule has 0 saturated carbocycles. The van der Waals surface area contributed by atoms with Crippen molar-refractivity contribution in [3.8, 4) is 11.5 Å². The zero-order valence-electron chi connectivity index (χ0n) is 10.7. The molecule has 10 heteroatoms. The van der Waals surface area contributed by atoms with Gasteiger partial charge in [-0.05, 0) is 0 Å². The average Bonchev–Trinajstić information content (AvgIpc) is 2.43. The third-order valence-electron chi connectivity index (χ3n) is 2.39. The molecule has 0 amide bonds. The summed E-state index contributed by atoms with van der Waals surface area (Å²) in [5, 5.41) is 22.1. The minimum absolute atomic E-state index is 0.237. The summed E-state index contributed by atoms with van der Waals surface area (Å²) < 4.78 is 13.9. The molecule has 0 unspecified atom stereocenters. The highest BCUT2D eigenvalue weighted by molar-refractivity contribution is 6.00. The smallest absolute Gasteiger partial charge is 0.352 e. The van der Waals surface area contributed by atoms with E-state index in [1.165, 1.54) is 0 Å². The molecule has 0 fully saturated rings. The maximum Gasteiger partial charge on any atom is 0.352 e. The number of esters is 1. The van der Waals surface area contributed by atoms with Crippen LogP contribution in [0.5, 0.6) is 11.5 Å². The van der Waals surface area contributed by atoms with Crippen LogP contribution < -0.4 is 9.47 Å². The van der Waals surface area contributed by atoms with E-state index in [0.717, 1.165) is 27.4 Å². The van der Waals surface area contributed by atoms with Crippen LogP contribution in [0.2, 0.25) is 0 Å². The Morgan fingerprint density at radius 2 is 1.70 bits per heavy atom. The van der Waals surface area contributed by atoms with Crippen LogP contribution in [-0.4, -0.2) is 37.1 Å². The number of ether oxygens (including phenoxy) is 3. The number of benzene rings is 1. The van der Waals surface area contributed by atoms with E-state index >= 15 is 0 Å². The summed E-state index contributed by atoms with van der Waals surface area (Å²) in [5.74, 6) is -1.86. The SMILES string of the molecule is COC(=O)c1c([N+](=O)[O-])cc(OC)c(OC)c1[N+](=O)[O-]. The highest BCUT2D eigenvalue weighted by atomic mass is 16.6. The second kappa shape index (κ2) is 5.82. The number of hydrogen-bond acceptors (Lipinski definition) is 8. The van der Waals surface area contributed by atoms with E-state index in [0.29, 0.717) is 0 Å². The highest BCUT2D eigenvalue weighted by Gasteiger charge is 2.38. The maximum absolute atomic E-state index is 11.6. The first-order valence-corrected chi connectivity index (χ1v) is 5.05. The number of rotatable bonds is 5. The molecule has 10 nitrogen and oxygen atoms in total. The molecule has 0 heterocycles. The lowest BCUT2D eigenvalue weighted by Gasteiger charge is -2.10. The standard InChI is InChI=1S/C10H10N2O8/c1-18-6-4-5(11(14)15)7(10(13)20-3)8(12(16)17)9(6)19-2/h4H,1-3H3. The van der Waals surface area contributed by atoms with E-state index < -0.39 is 38.5 Å². The maximum atomic E-state index is 11.6. The van der Waals surface area contributed by atoms with Crippen LogP contribution in [0.3, 0.4) is 0 Å². The summed E-state index contributed by atoms with van der Waals surface area (Å²) in [6, 6.07) is 0.859. The lowest BCUT2D eigenvalue weighted by molar-refractivity contribution is -0.395. The molecule has 0 aliphatic carbocycles. The van der Waals surface area contributed by atoms with Crippen LogP contribution in [0.1, 0.15) is 10.4 Å². The summed E-state index contributed by atoms with van der Waals surface area (Å²) >= 11 is 0. The summed E-state index contributed by atoms with van der Waals surface area (Å²) in [6.07, 6.45) is 0. The zero-order valence-corrected chi connectivity index (χ0v) is 10.7. The number of nitrogens with zero attached hydrogens (tertiary/aromatic N) is 2. The number of nitro benzene ring substituents is 2. The summed E-state index contributed by atoms with van der Waals surface area (Å²) in [6.45, 7) is 0. The molecule has 108 valence electrons. The molecule has 0 aliphatic rings. The fraction of sp³-hybridized carbons (Fsp3) is 0.300. The predicted octanol–water partition coefficient (Wildman–Crippen LogP) is 1.31.